The van der Waals surface area contributed by atoms with Crippen molar-refractivity contribution in [1.29, 1.82) is 0 Å². The average Bonchev–Trinajstić information content (AvgIpc) is 2.79. The van der Waals surface area contributed by atoms with Crippen LogP contribution in [0.5, 0.6) is 5.75 Å². The van der Waals surface area contributed by atoms with E-state index in [9.17, 15) is 18.4 Å². The minimum Gasteiger partial charge on any atom is -0.433 e. The van der Waals surface area contributed by atoms with E-state index in [1.54, 1.807) is 30.3 Å². The molecule has 2 aliphatic heterocycles. The van der Waals surface area contributed by atoms with Crippen LogP contribution >= 0.6 is 23.2 Å². The molecule has 0 bridgehead atoms. The summed E-state index contributed by atoms with van der Waals surface area (Å²) in [5, 5.41) is 4.05. The summed E-state index contributed by atoms with van der Waals surface area (Å²) in [4.78, 5) is 29.1. The highest BCUT2D eigenvalue weighted by atomic mass is 35.5. The van der Waals surface area contributed by atoms with Gasteiger partial charge in [0.05, 0.1) is 18.1 Å². The summed E-state index contributed by atoms with van der Waals surface area (Å²) >= 11 is 11.7. The number of anilines is 1. The molecule has 176 valence electrons. The van der Waals surface area contributed by atoms with Gasteiger partial charge in [0.1, 0.15) is 5.75 Å². The molecular formula is C24H19Cl2F2N3O3. The fraction of sp³-hybridized carbons (Fsp3) is 0.208. The number of hydrogen-bond donors (Lipinski definition) is 1. The van der Waals surface area contributed by atoms with E-state index in [0.29, 0.717) is 40.8 Å². The van der Waals surface area contributed by atoms with Crippen LogP contribution in [0.25, 0.3) is 0 Å². The van der Waals surface area contributed by atoms with Crippen molar-refractivity contribution in [3.8, 4) is 5.75 Å². The molecule has 2 aliphatic rings. The molecule has 0 saturated heterocycles. The number of benzene rings is 2. The summed E-state index contributed by atoms with van der Waals surface area (Å²) < 4.78 is 28.8. The van der Waals surface area contributed by atoms with E-state index in [4.69, 9.17) is 23.2 Å². The molecule has 3 heterocycles. The first kappa shape index (κ1) is 23.9. The number of fused-ring (bicyclic) bond motifs is 2. The highest BCUT2D eigenvalue weighted by Crippen LogP contribution is 2.28. The molecule has 0 spiro atoms. The number of nitrogens with one attached hydrogen (secondary N) is 1. The number of rotatable bonds is 3. The average molecular weight is 506 g/mol. The second-order valence-corrected chi connectivity index (χ2v) is 8.45. The van der Waals surface area contributed by atoms with Gasteiger partial charge >= 0.3 is 6.61 Å². The van der Waals surface area contributed by atoms with Gasteiger partial charge in [-0.25, -0.2) is 0 Å². The highest BCUT2D eigenvalue weighted by Gasteiger charge is 2.26. The number of carbonyl (C=O) groups excluding carboxylic acids is 2. The van der Waals surface area contributed by atoms with Crippen molar-refractivity contribution < 1.29 is 23.1 Å². The number of nitrogens with zero attached hydrogens (tertiary/aromatic N) is 2. The van der Waals surface area contributed by atoms with Crippen molar-refractivity contribution in [2.75, 3.05) is 18.0 Å². The number of aromatic nitrogens is 1. The van der Waals surface area contributed by atoms with Gasteiger partial charge in [0.15, 0.2) is 0 Å². The number of carbonyl (C=O) groups is 2. The molecule has 3 aromatic rings. The summed E-state index contributed by atoms with van der Waals surface area (Å²) in [6, 6.07) is 11.8. The van der Waals surface area contributed by atoms with Crippen molar-refractivity contribution in [2.45, 2.75) is 19.5 Å². The molecule has 1 aromatic heterocycles. The molecular weight excluding hydrogens is 487 g/mol. The maximum Gasteiger partial charge on any atom is 0.387 e. The van der Waals surface area contributed by atoms with Crippen LogP contribution in [-0.2, 0) is 12.8 Å². The Kier molecular flexibility index (Phi) is 7.29. The summed E-state index contributed by atoms with van der Waals surface area (Å²) in [6.07, 6.45) is 4.12. The molecule has 2 aromatic carbocycles. The molecule has 1 N–H and O–H groups in total. The topological polar surface area (TPSA) is 71.5 Å². The molecule has 0 fully saturated rings. The molecule has 2 amide bonds. The van der Waals surface area contributed by atoms with Crippen LogP contribution in [-0.4, -0.2) is 36.5 Å². The Morgan fingerprint density at radius 2 is 1.62 bits per heavy atom. The fourth-order valence-corrected chi connectivity index (χ4v) is 4.21. The third-order valence-electron chi connectivity index (χ3n) is 5.37. The van der Waals surface area contributed by atoms with Gasteiger partial charge in [-0.1, -0.05) is 23.2 Å². The summed E-state index contributed by atoms with van der Waals surface area (Å²) in [6.45, 7) is -1.80. The number of ether oxygens (including phenoxy) is 1. The molecule has 0 aliphatic carbocycles. The minimum atomic E-state index is -2.93. The molecule has 5 rings (SSSR count). The third kappa shape index (κ3) is 5.46. The lowest BCUT2D eigenvalue weighted by molar-refractivity contribution is -0.0500. The molecule has 0 saturated carbocycles. The Morgan fingerprint density at radius 3 is 2.32 bits per heavy atom. The normalized spacial score (nSPS) is 14.6. The predicted molar refractivity (Wildman–Crippen MR) is 125 cm³/mol. The van der Waals surface area contributed by atoms with Crippen LogP contribution in [0.2, 0.25) is 10.0 Å². The van der Waals surface area contributed by atoms with Crippen LogP contribution in [0.1, 0.15) is 31.8 Å². The summed E-state index contributed by atoms with van der Waals surface area (Å²) in [5.74, 6) is -0.288. The number of amides is 2. The van der Waals surface area contributed by atoms with E-state index < -0.39 is 6.61 Å². The maximum atomic E-state index is 12.5. The lowest BCUT2D eigenvalue weighted by Crippen LogP contribution is -2.37. The Labute approximate surface area is 204 Å². The standard InChI is InChI=1S/C15H11ClF2N2O2.C9H8ClNO/c16-10-1-2-13-9(5-10)3-4-20(14(13)21)11-6-12(8-19-7-11)22-15(17)18;10-7-1-2-8-6(5-7)3-4-11-9(8)12/h1-2,5-8,15H,3-4H2;1-2,5H,3-4H2,(H,11,12). The predicted octanol–water partition coefficient (Wildman–Crippen LogP) is 5.17. The zero-order valence-electron chi connectivity index (χ0n) is 17.7. The summed E-state index contributed by atoms with van der Waals surface area (Å²) in [5.41, 5.74) is 3.65. The van der Waals surface area contributed by atoms with Crippen LogP contribution in [0.4, 0.5) is 14.5 Å². The fourth-order valence-electron chi connectivity index (χ4n) is 3.82. The number of halogens is 4. The Bertz CT molecular complexity index is 1240. The van der Waals surface area contributed by atoms with E-state index in [1.807, 2.05) is 6.07 Å². The van der Waals surface area contributed by atoms with Gasteiger partial charge in [-0.05, 0) is 60.4 Å². The molecule has 6 nitrogen and oxygen atoms in total. The third-order valence-corrected chi connectivity index (χ3v) is 5.85. The number of alkyl halides is 2. The van der Waals surface area contributed by atoms with Gasteiger partial charge in [-0.15, -0.1) is 0 Å². The molecule has 0 atom stereocenters. The zero-order chi connectivity index (χ0) is 24.2. The van der Waals surface area contributed by atoms with Crippen LogP contribution in [0.15, 0.2) is 54.9 Å². The monoisotopic (exact) mass is 505 g/mol. The Morgan fingerprint density at radius 1 is 0.941 bits per heavy atom. The van der Waals surface area contributed by atoms with E-state index in [-0.39, 0.29) is 17.6 Å². The van der Waals surface area contributed by atoms with Crippen LogP contribution in [0, 0.1) is 0 Å². The largest absolute Gasteiger partial charge is 0.433 e. The van der Waals surface area contributed by atoms with Crippen molar-refractivity contribution in [2.24, 2.45) is 0 Å². The van der Waals surface area contributed by atoms with Crippen molar-refractivity contribution in [1.82, 2.24) is 10.3 Å². The summed E-state index contributed by atoms with van der Waals surface area (Å²) in [7, 11) is 0. The van der Waals surface area contributed by atoms with E-state index in [0.717, 1.165) is 23.1 Å². The van der Waals surface area contributed by atoms with Gasteiger partial charge in [0.2, 0.25) is 0 Å². The van der Waals surface area contributed by atoms with E-state index in [1.165, 1.54) is 23.4 Å². The van der Waals surface area contributed by atoms with Gasteiger partial charge in [0.25, 0.3) is 11.8 Å². The first-order valence-corrected chi connectivity index (χ1v) is 11.1. The quantitative estimate of drug-likeness (QED) is 0.533. The number of hydrogen-bond acceptors (Lipinski definition) is 4. The SMILES string of the molecule is O=C1NCCc2cc(Cl)ccc21.O=C1c2ccc(Cl)cc2CCN1c1cncc(OC(F)F)c1. The Hall–Kier alpha value is -3.23. The second-order valence-electron chi connectivity index (χ2n) is 7.57. The van der Waals surface area contributed by atoms with Gasteiger partial charge in [0, 0.05) is 40.3 Å². The lowest BCUT2D eigenvalue weighted by Gasteiger charge is -2.28. The molecule has 10 heteroatoms. The molecule has 0 unspecified atom stereocenters. The maximum absolute atomic E-state index is 12.5. The van der Waals surface area contributed by atoms with Crippen LogP contribution < -0.4 is 15.0 Å². The lowest BCUT2D eigenvalue weighted by atomic mass is 9.99. The zero-order valence-corrected chi connectivity index (χ0v) is 19.2. The Balaban J connectivity index is 0.000000192. The van der Waals surface area contributed by atoms with E-state index in [2.05, 4.69) is 15.0 Å². The van der Waals surface area contributed by atoms with Crippen LogP contribution in [0.3, 0.4) is 0 Å². The smallest absolute Gasteiger partial charge is 0.387 e. The number of pyridine rings is 1. The van der Waals surface area contributed by atoms with Gasteiger partial charge in [-0.2, -0.15) is 8.78 Å². The van der Waals surface area contributed by atoms with Crippen molar-refractivity contribution in [3.63, 3.8) is 0 Å². The van der Waals surface area contributed by atoms with Gasteiger partial charge < -0.3 is 15.0 Å². The van der Waals surface area contributed by atoms with Gasteiger partial charge in [-0.3, -0.25) is 14.6 Å². The highest BCUT2D eigenvalue weighted by molar-refractivity contribution is 6.31. The first-order chi connectivity index (χ1) is 16.3. The second kappa shape index (κ2) is 10.4. The van der Waals surface area contributed by atoms with E-state index >= 15 is 0 Å². The molecule has 34 heavy (non-hydrogen) atoms. The molecule has 0 radical (unpaired) electrons. The first-order valence-electron chi connectivity index (χ1n) is 10.4. The van der Waals surface area contributed by atoms with Crippen molar-refractivity contribution >= 4 is 40.7 Å². The van der Waals surface area contributed by atoms with Crippen molar-refractivity contribution in [3.05, 3.63) is 87.2 Å². The minimum absolute atomic E-state index is 0.00733.